The molecule has 0 aromatic heterocycles. The van der Waals surface area contributed by atoms with Crippen LogP contribution in [-0.4, -0.2) is 43.7 Å². The van der Waals surface area contributed by atoms with Crippen molar-refractivity contribution in [3.8, 4) is 5.75 Å². The third-order valence-corrected chi connectivity index (χ3v) is 2.69. The molecule has 0 spiro atoms. The highest BCUT2D eigenvalue weighted by Gasteiger charge is 2.11. The second kappa shape index (κ2) is 8.37. The molecular weight excluding hydrogens is 244 g/mol. The second-order valence-electron chi connectivity index (χ2n) is 4.03. The van der Waals surface area contributed by atoms with Crippen LogP contribution in [0.15, 0.2) is 24.3 Å². The summed E-state index contributed by atoms with van der Waals surface area (Å²) in [6.07, 6.45) is 0. The van der Waals surface area contributed by atoms with Crippen LogP contribution < -0.4 is 10.5 Å². The Morgan fingerprint density at radius 2 is 1.95 bits per heavy atom. The molecule has 0 aliphatic carbocycles. The summed E-state index contributed by atoms with van der Waals surface area (Å²) in [6, 6.07) is 6.98. The lowest BCUT2D eigenvalue weighted by Crippen LogP contribution is -2.37. The summed E-state index contributed by atoms with van der Waals surface area (Å²) >= 11 is 0. The van der Waals surface area contributed by atoms with E-state index in [0.717, 1.165) is 0 Å². The summed E-state index contributed by atoms with van der Waals surface area (Å²) < 4.78 is 10.7. The van der Waals surface area contributed by atoms with Crippen LogP contribution in [0.5, 0.6) is 5.75 Å². The Balaban J connectivity index is 2.37. The molecule has 2 N–H and O–H groups in total. The van der Waals surface area contributed by atoms with Crippen molar-refractivity contribution in [1.29, 1.82) is 0 Å². The number of carbonyl (C=O) groups excluding carboxylic acids is 1. The first-order valence-corrected chi connectivity index (χ1v) is 6.51. The Kier molecular flexibility index (Phi) is 6.74. The molecule has 19 heavy (non-hydrogen) atoms. The van der Waals surface area contributed by atoms with Gasteiger partial charge < -0.3 is 20.1 Å². The largest absolute Gasteiger partial charge is 0.484 e. The normalized spacial score (nSPS) is 10.2. The van der Waals surface area contributed by atoms with Crippen molar-refractivity contribution in [3.05, 3.63) is 24.3 Å². The minimum atomic E-state index is -0.0426. The lowest BCUT2D eigenvalue weighted by Gasteiger charge is -2.20. The molecule has 0 heterocycles. The molecule has 0 fully saturated rings. The molecule has 0 saturated carbocycles. The number of hydrogen-bond acceptors (Lipinski definition) is 4. The summed E-state index contributed by atoms with van der Waals surface area (Å²) in [5.74, 6) is 0.599. The first-order valence-electron chi connectivity index (χ1n) is 6.51. The van der Waals surface area contributed by atoms with E-state index in [1.54, 1.807) is 29.2 Å². The Bertz CT molecular complexity index is 379. The molecule has 5 nitrogen and oxygen atoms in total. The third-order valence-electron chi connectivity index (χ3n) is 2.69. The molecular formula is C14H22N2O3. The molecule has 1 rings (SSSR count). The maximum Gasteiger partial charge on any atom is 0.260 e. The monoisotopic (exact) mass is 266 g/mol. The number of benzene rings is 1. The van der Waals surface area contributed by atoms with Crippen LogP contribution in [0, 0.1) is 0 Å². The van der Waals surface area contributed by atoms with E-state index < -0.39 is 0 Å². The Morgan fingerprint density at radius 3 is 2.53 bits per heavy atom. The maximum atomic E-state index is 11.9. The molecule has 0 unspecified atom stereocenters. The summed E-state index contributed by atoms with van der Waals surface area (Å²) in [6.45, 7) is 6.36. The predicted octanol–water partition coefficient (Wildman–Crippen LogP) is 1.53. The second-order valence-corrected chi connectivity index (χ2v) is 4.03. The van der Waals surface area contributed by atoms with E-state index in [1.165, 1.54) is 0 Å². The fraction of sp³-hybridized carbons (Fsp3) is 0.500. The number of nitrogen functional groups attached to an aromatic ring is 1. The van der Waals surface area contributed by atoms with Crippen molar-refractivity contribution in [2.45, 2.75) is 13.8 Å². The Hall–Kier alpha value is -1.75. The van der Waals surface area contributed by atoms with E-state index in [2.05, 4.69) is 0 Å². The van der Waals surface area contributed by atoms with Gasteiger partial charge in [-0.2, -0.15) is 0 Å². The van der Waals surface area contributed by atoms with Gasteiger partial charge in [-0.25, -0.2) is 0 Å². The smallest absolute Gasteiger partial charge is 0.260 e. The highest BCUT2D eigenvalue weighted by Crippen LogP contribution is 2.13. The van der Waals surface area contributed by atoms with Crippen LogP contribution in [0.25, 0.3) is 0 Å². The third kappa shape index (κ3) is 5.61. The highest BCUT2D eigenvalue weighted by atomic mass is 16.5. The average molecular weight is 266 g/mol. The molecule has 106 valence electrons. The number of carbonyl (C=O) groups is 1. The van der Waals surface area contributed by atoms with Crippen molar-refractivity contribution in [1.82, 2.24) is 4.90 Å². The van der Waals surface area contributed by atoms with Crippen molar-refractivity contribution in [2.24, 2.45) is 0 Å². The van der Waals surface area contributed by atoms with Gasteiger partial charge in [0.05, 0.1) is 6.61 Å². The summed E-state index contributed by atoms with van der Waals surface area (Å²) in [7, 11) is 0. The van der Waals surface area contributed by atoms with Crippen LogP contribution in [0.2, 0.25) is 0 Å². The van der Waals surface area contributed by atoms with E-state index in [1.807, 2.05) is 13.8 Å². The van der Waals surface area contributed by atoms with E-state index in [0.29, 0.717) is 37.7 Å². The number of hydrogen-bond donors (Lipinski definition) is 1. The van der Waals surface area contributed by atoms with Gasteiger partial charge in [-0.15, -0.1) is 0 Å². The zero-order chi connectivity index (χ0) is 14.1. The van der Waals surface area contributed by atoms with E-state index >= 15 is 0 Å². The maximum absolute atomic E-state index is 11.9. The van der Waals surface area contributed by atoms with Crippen LogP contribution in [-0.2, 0) is 9.53 Å². The molecule has 0 radical (unpaired) electrons. The van der Waals surface area contributed by atoms with Crippen molar-refractivity contribution in [3.63, 3.8) is 0 Å². The van der Waals surface area contributed by atoms with Gasteiger partial charge in [0.15, 0.2) is 6.61 Å². The lowest BCUT2D eigenvalue weighted by molar-refractivity contribution is -0.133. The van der Waals surface area contributed by atoms with Gasteiger partial charge in [0, 0.05) is 25.4 Å². The van der Waals surface area contributed by atoms with E-state index in [9.17, 15) is 4.79 Å². The lowest BCUT2D eigenvalue weighted by atomic mass is 10.3. The summed E-state index contributed by atoms with van der Waals surface area (Å²) in [4.78, 5) is 13.6. The molecule has 1 aromatic rings. The van der Waals surface area contributed by atoms with Crippen molar-refractivity contribution >= 4 is 11.6 Å². The number of nitrogens with zero attached hydrogens (tertiary/aromatic N) is 1. The van der Waals surface area contributed by atoms with Crippen LogP contribution in [0.3, 0.4) is 0 Å². The van der Waals surface area contributed by atoms with E-state index in [4.69, 9.17) is 15.2 Å². The molecule has 1 amide bonds. The first kappa shape index (κ1) is 15.3. The van der Waals surface area contributed by atoms with Gasteiger partial charge in [-0.05, 0) is 38.1 Å². The van der Waals surface area contributed by atoms with Crippen LogP contribution in [0.4, 0.5) is 5.69 Å². The van der Waals surface area contributed by atoms with Crippen molar-refractivity contribution < 1.29 is 14.3 Å². The number of rotatable bonds is 8. The summed E-state index contributed by atoms with van der Waals surface area (Å²) in [5, 5.41) is 0. The first-order chi connectivity index (χ1) is 9.17. The fourth-order valence-corrected chi connectivity index (χ4v) is 1.58. The van der Waals surface area contributed by atoms with Crippen LogP contribution >= 0.6 is 0 Å². The zero-order valence-corrected chi connectivity index (χ0v) is 11.6. The number of amides is 1. The van der Waals surface area contributed by atoms with Gasteiger partial charge in [-0.3, -0.25) is 4.79 Å². The zero-order valence-electron chi connectivity index (χ0n) is 11.6. The number of likely N-dealkylation sites (N-methyl/N-ethyl adjacent to an activating group) is 1. The van der Waals surface area contributed by atoms with Gasteiger partial charge in [0.25, 0.3) is 5.91 Å². The quantitative estimate of drug-likeness (QED) is 0.572. The minimum absolute atomic E-state index is 0.0316. The van der Waals surface area contributed by atoms with Crippen molar-refractivity contribution in [2.75, 3.05) is 38.6 Å². The molecule has 0 saturated heterocycles. The minimum Gasteiger partial charge on any atom is -0.484 e. The molecule has 0 atom stereocenters. The highest BCUT2D eigenvalue weighted by molar-refractivity contribution is 5.77. The summed E-state index contributed by atoms with van der Waals surface area (Å²) in [5.41, 5.74) is 6.25. The molecule has 0 bridgehead atoms. The van der Waals surface area contributed by atoms with E-state index in [-0.39, 0.29) is 12.5 Å². The van der Waals surface area contributed by atoms with Gasteiger partial charge in [-0.1, -0.05) is 0 Å². The molecule has 1 aromatic carbocycles. The Morgan fingerprint density at radius 1 is 1.26 bits per heavy atom. The van der Waals surface area contributed by atoms with Gasteiger partial charge in [0.2, 0.25) is 0 Å². The number of anilines is 1. The van der Waals surface area contributed by atoms with Crippen LogP contribution in [0.1, 0.15) is 13.8 Å². The average Bonchev–Trinajstić information content (AvgIpc) is 2.43. The van der Waals surface area contributed by atoms with Gasteiger partial charge in [0.1, 0.15) is 5.75 Å². The molecule has 0 aliphatic heterocycles. The molecule has 0 aliphatic rings. The number of nitrogens with two attached hydrogens (primary N) is 1. The fourth-order valence-electron chi connectivity index (χ4n) is 1.58. The predicted molar refractivity (Wildman–Crippen MR) is 75.1 cm³/mol. The molecule has 5 heteroatoms. The number of ether oxygens (including phenoxy) is 2. The topological polar surface area (TPSA) is 64.8 Å². The standard InChI is InChI=1S/C14H22N2O3/c1-3-16(9-10-18-4-2)14(17)11-19-13-7-5-12(15)6-8-13/h5-8H,3-4,9-11,15H2,1-2H3. The Labute approximate surface area is 114 Å². The SMILES string of the molecule is CCOCCN(CC)C(=O)COc1ccc(N)cc1. The van der Waals surface area contributed by atoms with Gasteiger partial charge >= 0.3 is 0 Å².